The first kappa shape index (κ1) is 27.9. The molecule has 1 aromatic heterocycles. The van der Waals surface area contributed by atoms with E-state index in [9.17, 15) is 0 Å². The lowest BCUT2D eigenvalue weighted by Gasteiger charge is -2.29. The van der Waals surface area contributed by atoms with Crippen molar-refractivity contribution in [1.29, 1.82) is 0 Å². The van der Waals surface area contributed by atoms with Gasteiger partial charge in [0.05, 0.1) is 5.69 Å². The van der Waals surface area contributed by atoms with Crippen LogP contribution in [0.2, 0.25) is 0 Å². The smallest absolute Gasteiger partial charge is 0.136 e. The molecule has 0 aliphatic heterocycles. The molecule has 0 atom stereocenters. The maximum Gasteiger partial charge on any atom is 0.136 e. The molecule has 0 fully saturated rings. The Morgan fingerprint density at radius 2 is 0.958 bits per heavy atom. The molecule has 2 heteroatoms. The lowest BCUT2D eigenvalue weighted by Crippen LogP contribution is -2.11. The topological polar surface area (TPSA) is 16.4 Å². The van der Waals surface area contributed by atoms with Crippen molar-refractivity contribution in [2.45, 2.75) is 0 Å². The SMILES string of the molecule is c1ccc(-c2ccc(N(c3ccc4ccccc4c3)c3ccc4oc5ccccc5c4c3-c3cccc(-c4ccccc4)c3)cc2)cc1. The predicted octanol–water partition coefficient (Wildman–Crippen LogP) is 13.2. The molecular formula is C46H31NO. The van der Waals surface area contributed by atoms with E-state index in [1.54, 1.807) is 0 Å². The molecule has 226 valence electrons. The van der Waals surface area contributed by atoms with Gasteiger partial charge < -0.3 is 9.32 Å². The summed E-state index contributed by atoms with van der Waals surface area (Å²) in [5, 5.41) is 4.63. The largest absolute Gasteiger partial charge is 0.456 e. The Morgan fingerprint density at radius 1 is 0.354 bits per heavy atom. The van der Waals surface area contributed by atoms with Gasteiger partial charge in [-0.15, -0.1) is 0 Å². The first-order chi connectivity index (χ1) is 23.8. The standard InChI is InChI=1S/C46H31NO/c1-3-12-32(13-4-1)35-22-25-39(26-23-35)47(40-27-24-34-16-7-8-17-37(34)31-40)42-28-29-44-46(41-20-9-10-21-43(41)48-44)45(42)38-19-11-18-36(30-38)33-14-5-2-6-15-33/h1-31H. The van der Waals surface area contributed by atoms with Crippen molar-refractivity contribution in [1.82, 2.24) is 0 Å². The molecule has 0 saturated carbocycles. The van der Waals surface area contributed by atoms with Crippen LogP contribution in [0.4, 0.5) is 17.1 Å². The van der Waals surface area contributed by atoms with Crippen LogP contribution in [0.25, 0.3) is 66.1 Å². The number of para-hydroxylation sites is 1. The molecule has 0 radical (unpaired) electrons. The molecule has 0 aliphatic rings. The first-order valence-corrected chi connectivity index (χ1v) is 16.3. The summed E-state index contributed by atoms with van der Waals surface area (Å²) < 4.78 is 6.48. The Labute approximate surface area is 279 Å². The van der Waals surface area contributed by atoms with Gasteiger partial charge in [-0.2, -0.15) is 0 Å². The summed E-state index contributed by atoms with van der Waals surface area (Å²) in [6.45, 7) is 0. The molecule has 0 aliphatic carbocycles. The fourth-order valence-electron chi connectivity index (χ4n) is 6.95. The van der Waals surface area contributed by atoms with Gasteiger partial charge in [0.2, 0.25) is 0 Å². The number of benzene rings is 8. The number of hydrogen-bond acceptors (Lipinski definition) is 2. The number of nitrogens with zero attached hydrogens (tertiary/aromatic N) is 1. The molecule has 8 aromatic carbocycles. The van der Waals surface area contributed by atoms with Crippen LogP contribution in [0.5, 0.6) is 0 Å². The summed E-state index contributed by atoms with van der Waals surface area (Å²) in [6.07, 6.45) is 0. The Morgan fingerprint density at radius 3 is 1.75 bits per heavy atom. The van der Waals surface area contributed by atoms with Crippen LogP contribution in [-0.2, 0) is 0 Å². The highest BCUT2D eigenvalue weighted by Crippen LogP contribution is 2.48. The number of furan rings is 1. The average Bonchev–Trinajstić information content (AvgIpc) is 3.55. The van der Waals surface area contributed by atoms with Gasteiger partial charge in [-0.05, 0) is 87.1 Å². The van der Waals surface area contributed by atoms with Crippen molar-refractivity contribution in [3.05, 3.63) is 188 Å². The van der Waals surface area contributed by atoms with Gasteiger partial charge in [-0.1, -0.05) is 140 Å². The maximum atomic E-state index is 6.48. The predicted molar refractivity (Wildman–Crippen MR) is 202 cm³/mol. The van der Waals surface area contributed by atoms with Crippen LogP contribution >= 0.6 is 0 Å². The normalized spacial score (nSPS) is 11.3. The summed E-state index contributed by atoms with van der Waals surface area (Å²) in [7, 11) is 0. The molecule has 9 rings (SSSR count). The maximum absolute atomic E-state index is 6.48. The second-order valence-electron chi connectivity index (χ2n) is 12.2. The van der Waals surface area contributed by atoms with Crippen LogP contribution < -0.4 is 4.90 Å². The molecule has 2 nitrogen and oxygen atoms in total. The van der Waals surface area contributed by atoms with E-state index in [0.717, 1.165) is 50.1 Å². The van der Waals surface area contributed by atoms with E-state index in [2.05, 4.69) is 187 Å². The number of hydrogen-bond donors (Lipinski definition) is 0. The fraction of sp³-hybridized carbons (Fsp3) is 0. The van der Waals surface area contributed by atoms with Crippen LogP contribution in [0.15, 0.2) is 192 Å². The summed E-state index contributed by atoms with van der Waals surface area (Å²) in [5.74, 6) is 0. The minimum absolute atomic E-state index is 0.873. The Bertz CT molecular complexity index is 2550. The van der Waals surface area contributed by atoms with E-state index < -0.39 is 0 Å². The van der Waals surface area contributed by atoms with Crippen molar-refractivity contribution >= 4 is 49.8 Å². The zero-order chi connectivity index (χ0) is 31.9. The van der Waals surface area contributed by atoms with E-state index in [-0.39, 0.29) is 0 Å². The molecule has 48 heavy (non-hydrogen) atoms. The molecule has 0 bridgehead atoms. The van der Waals surface area contributed by atoms with Crippen LogP contribution in [0, 0.1) is 0 Å². The number of anilines is 3. The molecule has 0 N–H and O–H groups in total. The van der Waals surface area contributed by atoms with Crippen molar-refractivity contribution < 1.29 is 4.42 Å². The third-order valence-corrected chi connectivity index (χ3v) is 9.24. The second kappa shape index (κ2) is 11.8. The quantitative estimate of drug-likeness (QED) is 0.185. The van der Waals surface area contributed by atoms with E-state index in [0.29, 0.717) is 0 Å². The third-order valence-electron chi connectivity index (χ3n) is 9.24. The minimum Gasteiger partial charge on any atom is -0.456 e. The van der Waals surface area contributed by atoms with Crippen LogP contribution in [-0.4, -0.2) is 0 Å². The Kier molecular flexibility index (Phi) is 6.84. The highest BCUT2D eigenvalue weighted by molar-refractivity contribution is 6.16. The number of rotatable bonds is 6. The molecule has 0 spiro atoms. The lowest BCUT2D eigenvalue weighted by molar-refractivity contribution is 0.669. The average molecular weight is 614 g/mol. The van der Waals surface area contributed by atoms with Crippen molar-refractivity contribution in [3.63, 3.8) is 0 Å². The fourth-order valence-corrected chi connectivity index (χ4v) is 6.95. The molecule has 0 unspecified atom stereocenters. The Balaban J connectivity index is 1.33. The molecule has 0 amide bonds. The third kappa shape index (κ3) is 4.92. The number of fused-ring (bicyclic) bond motifs is 4. The van der Waals surface area contributed by atoms with Gasteiger partial charge in [0.15, 0.2) is 0 Å². The highest BCUT2D eigenvalue weighted by Gasteiger charge is 2.23. The van der Waals surface area contributed by atoms with Crippen LogP contribution in [0.3, 0.4) is 0 Å². The zero-order valence-corrected chi connectivity index (χ0v) is 26.3. The van der Waals surface area contributed by atoms with Gasteiger partial charge in [0.25, 0.3) is 0 Å². The highest BCUT2D eigenvalue weighted by atomic mass is 16.3. The van der Waals surface area contributed by atoms with E-state index in [1.807, 2.05) is 6.07 Å². The van der Waals surface area contributed by atoms with E-state index in [4.69, 9.17) is 4.42 Å². The molecule has 1 heterocycles. The minimum atomic E-state index is 0.873. The zero-order valence-electron chi connectivity index (χ0n) is 26.3. The van der Waals surface area contributed by atoms with Gasteiger partial charge in [-0.3, -0.25) is 0 Å². The Hall–Kier alpha value is -6.38. The van der Waals surface area contributed by atoms with E-state index >= 15 is 0 Å². The molecular weight excluding hydrogens is 583 g/mol. The molecule has 0 saturated heterocycles. The lowest BCUT2D eigenvalue weighted by atomic mass is 9.93. The summed E-state index contributed by atoms with van der Waals surface area (Å²) in [4.78, 5) is 2.40. The summed E-state index contributed by atoms with van der Waals surface area (Å²) in [6, 6.07) is 67.0. The molecule has 9 aromatic rings. The second-order valence-corrected chi connectivity index (χ2v) is 12.2. The van der Waals surface area contributed by atoms with Crippen LogP contribution in [0.1, 0.15) is 0 Å². The monoisotopic (exact) mass is 613 g/mol. The van der Waals surface area contributed by atoms with Crippen molar-refractivity contribution in [3.8, 4) is 33.4 Å². The van der Waals surface area contributed by atoms with Crippen molar-refractivity contribution in [2.75, 3.05) is 4.90 Å². The summed E-state index contributed by atoms with van der Waals surface area (Å²) in [5.41, 5.74) is 12.0. The van der Waals surface area contributed by atoms with E-state index in [1.165, 1.54) is 33.0 Å². The van der Waals surface area contributed by atoms with Gasteiger partial charge >= 0.3 is 0 Å². The van der Waals surface area contributed by atoms with Gasteiger partial charge in [0.1, 0.15) is 11.2 Å². The van der Waals surface area contributed by atoms with Gasteiger partial charge in [-0.25, -0.2) is 0 Å². The first-order valence-electron chi connectivity index (χ1n) is 16.3. The van der Waals surface area contributed by atoms with Crippen molar-refractivity contribution in [2.24, 2.45) is 0 Å². The summed E-state index contributed by atoms with van der Waals surface area (Å²) >= 11 is 0. The van der Waals surface area contributed by atoms with Gasteiger partial charge in [0, 0.05) is 27.7 Å².